The molecule has 0 radical (unpaired) electrons. The van der Waals surface area contributed by atoms with Crippen molar-refractivity contribution >= 4 is 6.03 Å². The summed E-state index contributed by atoms with van der Waals surface area (Å²) in [7, 11) is 0. The molecule has 0 spiro atoms. The number of rotatable bonds is 5. The molecule has 1 aromatic rings. The first-order valence-electron chi connectivity index (χ1n) is 7.98. The Balaban J connectivity index is 1.85. The van der Waals surface area contributed by atoms with Crippen molar-refractivity contribution in [3.8, 4) is 0 Å². The molecule has 0 aliphatic carbocycles. The van der Waals surface area contributed by atoms with Crippen molar-refractivity contribution in [1.82, 2.24) is 15.4 Å². The third-order valence-electron chi connectivity index (χ3n) is 3.96. The third kappa shape index (κ3) is 4.00. The molecule has 124 valence electrons. The minimum Gasteiger partial charge on any atom is -0.376 e. The van der Waals surface area contributed by atoms with Gasteiger partial charge in [0.1, 0.15) is 5.76 Å². The molecule has 6 heteroatoms. The van der Waals surface area contributed by atoms with Crippen LogP contribution in [0.2, 0.25) is 0 Å². The fraction of sp³-hybridized carbons (Fsp3) is 0.750. The summed E-state index contributed by atoms with van der Waals surface area (Å²) < 4.78 is 11.0. The maximum atomic E-state index is 12.4. The number of ether oxygens (including phenoxy) is 1. The number of nitrogens with one attached hydrogen (secondary N) is 1. The van der Waals surface area contributed by atoms with E-state index < -0.39 is 0 Å². The first kappa shape index (κ1) is 16.8. The Hall–Kier alpha value is -1.56. The quantitative estimate of drug-likeness (QED) is 0.908. The Labute approximate surface area is 132 Å². The van der Waals surface area contributed by atoms with Crippen LogP contribution < -0.4 is 5.32 Å². The molecule has 6 nitrogen and oxygen atoms in total. The van der Waals surface area contributed by atoms with Gasteiger partial charge in [-0.2, -0.15) is 0 Å². The summed E-state index contributed by atoms with van der Waals surface area (Å²) in [4.78, 5) is 14.2. The Morgan fingerprint density at radius 1 is 1.45 bits per heavy atom. The van der Waals surface area contributed by atoms with Crippen LogP contribution in [-0.4, -0.2) is 41.9 Å². The number of amides is 2. The predicted molar refractivity (Wildman–Crippen MR) is 83.7 cm³/mol. The molecule has 0 unspecified atom stereocenters. The van der Waals surface area contributed by atoms with Crippen LogP contribution in [0.3, 0.4) is 0 Å². The third-order valence-corrected chi connectivity index (χ3v) is 3.96. The zero-order valence-corrected chi connectivity index (χ0v) is 14.2. The molecule has 0 aromatic carbocycles. The van der Waals surface area contributed by atoms with E-state index in [1.165, 1.54) is 0 Å². The van der Waals surface area contributed by atoms with Crippen molar-refractivity contribution < 1.29 is 14.1 Å². The standard InChI is InChI=1S/C16H27N3O3/c1-10(2)9-21-14-6-7-19(8-14)16(20)17-11(3)15-12(4)18-22-13(15)5/h10-11,14H,6-9H2,1-5H3,(H,17,20)/t11-,14-/m0/s1. The Morgan fingerprint density at radius 2 is 2.18 bits per heavy atom. The van der Waals surface area contributed by atoms with Gasteiger partial charge in [-0.3, -0.25) is 0 Å². The fourth-order valence-electron chi connectivity index (χ4n) is 2.83. The zero-order valence-electron chi connectivity index (χ0n) is 14.2. The molecule has 1 fully saturated rings. The Kier molecular flexibility index (Phi) is 5.45. The summed E-state index contributed by atoms with van der Waals surface area (Å²) in [5, 5.41) is 6.96. The molecule has 1 aliphatic heterocycles. The molecule has 1 saturated heterocycles. The molecule has 1 aliphatic rings. The Morgan fingerprint density at radius 3 is 2.77 bits per heavy atom. The predicted octanol–water partition coefficient (Wildman–Crippen LogP) is 2.81. The summed E-state index contributed by atoms with van der Waals surface area (Å²) >= 11 is 0. The van der Waals surface area contributed by atoms with E-state index in [1.54, 1.807) is 0 Å². The van der Waals surface area contributed by atoms with Gasteiger partial charge < -0.3 is 19.5 Å². The van der Waals surface area contributed by atoms with Gasteiger partial charge >= 0.3 is 6.03 Å². The van der Waals surface area contributed by atoms with E-state index in [-0.39, 0.29) is 18.2 Å². The van der Waals surface area contributed by atoms with Crippen LogP contribution in [-0.2, 0) is 4.74 Å². The van der Waals surface area contributed by atoms with E-state index in [2.05, 4.69) is 24.3 Å². The second kappa shape index (κ2) is 7.13. The van der Waals surface area contributed by atoms with Crippen LogP contribution in [0.25, 0.3) is 0 Å². The highest BCUT2D eigenvalue weighted by atomic mass is 16.5. The number of likely N-dealkylation sites (tertiary alicyclic amines) is 1. The fourth-order valence-corrected chi connectivity index (χ4v) is 2.83. The van der Waals surface area contributed by atoms with Gasteiger partial charge in [0, 0.05) is 25.3 Å². The number of carbonyl (C=O) groups excluding carboxylic acids is 1. The SMILES string of the molecule is Cc1noc(C)c1[C@H](C)NC(=O)N1CC[C@H](OCC(C)C)C1. The first-order chi connectivity index (χ1) is 10.4. The summed E-state index contributed by atoms with van der Waals surface area (Å²) in [6, 6.07) is -0.169. The Bertz CT molecular complexity index is 493. The molecular formula is C16H27N3O3. The van der Waals surface area contributed by atoms with Gasteiger partial charge in [0.15, 0.2) is 0 Å². The van der Waals surface area contributed by atoms with E-state index in [0.29, 0.717) is 12.5 Å². The lowest BCUT2D eigenvalue weighted by atomic mass is 10.1. The number of hydrogen-bond donors (Lipinski definition) is 1. The van der Waals surface area contributed by atoms with Gasteiger partial charge in [-0.1, -0.05) is 19.0 Å². The largest absolute Gasteiger partial charge is 0.376 e. The van der Waals surface area contributed by atoms with E-state index in [0.717, 1.165) is 36.6 Å². The number of nitrogens with zero attached hydrogens (tertiary/aromatic N) is 2. The molecule has 2 rings (SSSR count). The zero-order chi connectivity index (χ0) is 16.3. The summed E-state index contributed by atoms with van der Waals surface area (Å²) in [5.41, 5.74) is 1.78. The van der Waals surface area contributed by atoms with Crippen LogP contribution >= 0.6 is 0 Å². The van der Waals surface area contributed by atoms with Crippen molar-refractivity contribution in [2.24, 2.45) is 5.92 Å². The van der Waals surface area contributed by atoms with Crippen molar-refractivity contribution in [2.45, 2.75) is 53.2 Å². The van der Waals surface area contributed by atoms with Gasteiger partial charge in [0.25, 0.3) is 0 Å². The van der Waals surface area contributed by atoms with Crippen LogP contribution in [0.1, 0.15) is 50.3 Å². The second-order valence-electron chi connectivity index (χ2n) is 6.49. The van der Waals surface area contributed by atoms with Crippen molar-refractivity contribution in [3.05, 3.63) is 17.0 Å². The van der Waals surface area contributed by atoms with Crippen LogP contribution in [0.15, 0.2) is 4.52 Å². The summed E-state index contributed by atoms with van der Waals surface area (Å²) in [6.07, 6.45) is 1.06. The minimum absolute atomic E-state index is 0.0526. The lowest BCUT2D eigenvalue weighted by Crippen LogP contribution is -2.40. The number of urea groups is 1. The second-order valence-corrected chi connectivity index (χ2v) is 6.49. The summed E-state index contributed by atoms with van der Waals surface area (Å²) in [6.45, 7) is 12.1. The lowest BCUT2D eigenvalue weighted by Gasteiger charge is -2.21. The highest BCUT2D eigenvalue weighted by Gasteiger charge is 2.28. The molecular weight excluding hydrogens is 282 g/mol. The maximum Gasteiger partial charge on any atom is 0.317 e. The number of carbonyl (C=O) groups is 1. The molecule has 2 atom stereocenters. The van der Waals surface area contributed by atoms with Crippen LogP contribution in [0.5, 0.6) is 0 Å². The topological polar surface area (TPSA) is 67.6 Å². The molecule has 22 heavy (non-hydrogen) atoms. The molecule has 1 aromatic heterocycles. The molecule has 0 bridgehead atoms. The van der Waals surface area contributed by atoms with Gasteiger partial charge in [-0.15, -0.1) is 0 Å². The summed E-state index contributed by atoms with van der Waals surface area (Å²) in [5.74, 6) is 1.27. The van der Waals surface area contributed by atoms with Crippen LogP contribution in [0, 0.1) is 19.8 Å². The first-order valence-corrected chi connectivity index (χ1v) is 7.98. The van der Waals surface area contributed by atoms with E-state index in [4.69, 9.17) is 9.26 Å². The number of aryl methyl sites for hydroxylation is 2. The van der Waals surface area contributed by atoms with Crippen molar-refractivity contribution in [2.75, 3.05) is 19.7 Å². The number of aromatic nitrogens is 1. The minimum atomic E-state index is -0.116. The molecule has 1 N–H and O–H groups in total. The molecule has 0 saturated carbocycles. The average molecular weight is 309 g/mol. The van der Waals surface area contributed by atoms with Gasteiger partial charge in [-0.05, 0) is 33.1 Å². The monoisotopic (exact) mass is 309 g/mol. The molecule has 2 amide bonds. The van der Waals surface area contributed by atoms with Crippen LogP contribution in [0.4, 0.5) is 4.79 Å². The smallest absolute Gasteiger partial charge is 0.317 e. The average Bonchev–Trinajstić information content (AvgIpc) is 3.03. The van der Waals surface area contributed by atoms with Crippen molar-refractivity contribution in [1.29, 1.82) is 0 Å². The molecule has 2 heterocycles. The highest BCUT2D eigenvalue weighted by molar-refractivity contribution is 5.75. The number of hydrogen-bond acceptors (Lipinski definition) is 4. The van der Waals surface area contributed by atoms with E-state index in [9.17, 15) is 4.79 Å². The highest BCUT2D eigenvalue weighted by Crippen LogP contribution is 2.22. The maximum absolute atomic E-state index is 12.4. The normalized spacial score (nSPS) is 19.7. The lowest BCUT2D eigenvalue weighted by molar-refractivity contribution is 0.0435. The van der Waals surface area contributed by atoms with Crippen molar-refractivity contribution in [3.63, 3.8) is 0 Å². The van der Waals surface area contributed by atoms with E-state index in [1.807, 2.05) is 25.7 Å². The van der Waals surface area contributed by atoms with E-state index >= 15 is 0 Å². The van der Waals surface area contributed by atoms with Gasteiger partial charge in [0.05, 0.1) is 17.8 Å². The van der Waals surface area contributed by atoms with Gasteiger partial charge in [0.2, 0.25) is 0 Å². The van der Waals surface area contributed by atoms with Gasteiger partial charge in [-0.25, -0.2) is 4.79 Å².